The van der Waals surface area contributed by atoms with E-state index in [0.717, 1.165) is 36.3 Å². The molecule has 4 aromatic rings. The van der Waals surface area contributed by atoms with Crippen molar-refractivity contribution in [3.8, 4) is 17.0 Å². The Hall–Kier alpha value is -3.68. The summed E-state index contributed by atoms with van der Waals surface area (Å²) in [6.07, 6.45) is 4.07. The van der Waals surface area contributed by atoms with E-state index in [-0.39, 0.29) is 5.91 Å². The van der Waals surface area contributed by atoms with Crippen molar-refractivity contribution in [1.29, 1.82) is 0 Å². The molecule has 3 heterocycles. The molecule has 0 spiro atoms. The van der Waals surface area contributed by atoms with E-state index < -0.39 is 0 Å². The van der Waals surface area contributed by atoms with Gasteiger partial charge in [-0.15, -0.1) is 0 Å². The molecular formula is C24H25N5O3. The third kappa shape index (κ3) is 3.72. The minimum Gasteiger partial charge on any atom is -0.497 e. The molecule has 1 aliphatic rings. The van der Waals surface area contributed by atoms with Crippen LogP contribution in [0, 0.1) is 0 Å². The Bertz CT molecular complexity index is 1290. The number of aromatic nitrogens is 4. The summed E-state index contributed by atoms with van der Waals surface area (Å²) in [6.45, 7) is 3.23. The molecule has 5 rings (SSSR count). The fourth-order valence-electron chi connectivity index (χ4n) is 3.88. The first-order valence-corrected chi connectivity index (χ1v) is 10.8. The number of ether oxygens (including phenoxy) is 1. The highest BCUT2D eigenvalue weighted by Gasteiger charge is 2.30. The quantitative estimate of drug-likeness (QED) is 0.434. The Morgan fingerprint density at radius 3 is 2.84 bits per heavy atom. The highest BCUT2D eigenvalue weighted by atomic mass is 16.5. The fourth-order valence-corrected chi connectivity index (χ4v) is 3.88. The van der Waals surface area contributed by atoms with Crippen molar-refractivity contribution in [3.63, 3.8) is 0 Å². The van der Waals surface area contributed by atoms with Gasteiger partial charge in [-0.1, -0.05) is 17.3 Å². The van der Waals surface area contributed by atoms with Crippen molar-refractivity contribution >= 4 is 17.0 Å². The molecule has 0 radical (unpaired) electrons. The molecule has 32 heavy (non-hydrogen) atoms. The van der Waals surface area contributed by atoms with Crippen LogP contribution in [-0.2, 0) is 13.1 Å². The van der Waals surface area contributed by atoms with Crippen LogP contribution in [0.15, 0.2) is 47.1 Å². The number of rotatable bonds is 7. The van der Waals surface area contributed by atoms with Gasteiger partial charge in [-0.2, -0.15) is 5.10 Å². The van der Waals surface area contributed by atoms with Crippen molar-refractivity contribution in [2.45, 2.75) is 38.8 Å². The van der Waals surface area contributed by atoms with E-state index in [1.807, 2.05) is 54.2 Å². The van der Waals surface area contributed by atoms with Gasteiger partial charge in [0.05, 0.1) is 30.3 Å². The summed E-state index contributed by atoms with van der Waals surface area (Å²) in [5.74, 6) is 0.970. The Kier molecular flexibility index (Phi) is 5.13. The number of benzene rings is 1. The van der Waals surface area contributed by atoms with E-state index in [4.69, 9.17) is 9.26 Å². The minimum absolute atomic E-state index is 0.113. The SMILES string of the molecule is CCn1ccc(CN(C)C(=O)c2cc(C3CC3)nc3onc(-c4cccc(OC)c4)c23)n1. The van der Waals surface area contributed by atoms with Gasteiger partial charge in [0.15, 0.2) is 0 Å². The number of hydrogen-bond donors (Lipinski definition) is 0. The summed E-state index contributed by atoms with van der Waals surface area (Å²) in [7, 11) is 3.41. The highest BCUT2D eigenvalue weighted by Crippen LogP contribution is 2.41. The molecule has 1 aromatic carbocycles. The first-order chi connectivity index (χ1) is 15.6. The molecule has 3 aromatic heterocycles. The molecule has 0 N–H and O–H groups in total. The summed E-state index contributed by atoms with van der Waals surface area (Å²) in [5.41, 5.74) is 4.06. The van der Waals surface area contributed by atoms with E-state index in [2.05, 4.69) is 15.2 Å². The van der Waals surface area contributed by atoms with E-state index >= 15 is 0 Å². The van der Waals surface area contributed by atoms with E-state index in [9.17, 15) is 4.79 Å². The monoisotopic (exact) mass is 431 g/mol. The van der Waals surface area contributed by atoms with Crippen molar-refractivity contribution in [1.82, 2.24) is 24.8 Å². The van der Waals surface area contributed by atoms with Gasteiger partial charge in [-0.05, 0) is 44.0 Å². The zero-order valence-electron chi connectivity index (χ0n) is 18.4. The number of nitrogens with zero attached hydrogens (tertiary/aromatic N) is 5. The molecule has 1 amide bonds. The standard InChI is InChI=1S/C24H25N5O3/c1-4-29-11-10-17(26-29)14-28(2)24(30)19-13-20(15-8-9-15)25-23-21(19)22(27-32-23)16-6-5-7-18(12-16)31-3/h5-7,10-13,15H,4,8-9,14H2,1-3H3. The number of methoxy groups -OCH3 is 1. The molecule has 1 saturated carbocycles. The molecule has 0 atom stereocenters. The maximum absolute atomic E-state index is 13.6. The van der Waals surface area contributed by atoms with Gasteiger partial charge in [0.1, 0.15) is 11.4 Å². The van der Waals surface area contributed by atoms with Crippen LogP contribution in [0.1, 0.15) is 47.4 Å². The summed E-state index contributed by atoms with van der Waals surface area (Å²) < 4.78 is 12.8. The summed E-state index contributed by atoms with van der Waals surface area (Å²) >= 11 is 0. The second-order valence-electron chi connectivity index (χ2n) is 8.14. The molecule has 0 aliphatic heterocycles. The number of carbonyl (C=O) groups is 1. The molecule has 0 saturated heterocycles. The minimum atomic E-state index is -0.113. The summed E-state index contributed by atoms with van der Waals surface area (Å²) in [4.78, 5) is 20.0. The first kappa shape index (κ1) is 20.2. The van der Waals surface area contributed by atoms with Crippen LogP contribution in [0.5, 0.6) is 5.75 Å². The van der Waals surface area contributed by atoms with Crippen molar-refractivity contribution in [2.24, 2.45) is 0 Å². The molecule has 0 bridgehead atoms. The molecule has 164 valence electrons. The lowest BCUT2D eigenvalue weighted by molar-refractivity contribution is 0.0785. The van der Waals surface area contributed by atoms with E-state index in [0.29, 0.717) is 40.6 Å². The smallest absolute Gasteiger partial charge is 0.259 e. The average Bonchev–Trinajstić information content (AvgIpc) is 3.43. The normalized spacial score (nSPS) is 13.5. The zero-order valence-corrected chi connectivity index (χ0v) is 18.4. The number of carbonyl (C=O) groups excluding carboxylic acids is 1. The van der Waals surface area contributed by atoms with Gasteiger partial charge in [0.2, 0.25) is 0 Å². The maximum atomic E-state index is 13.6. The Balaban J connectivity index is 1.57. The van der Waals surface area contributed by atoms with Gasteiger partial charge in [0.25, 0.3) is 11.6 Å². The molecule has 1 aliphatic carbocycles. The van der Waals surface area contributed by atoms with Gasteiger partial charge < -0.3 is 14.2 Å². The number of pyridine rings is 1. The lowest BCUT2D eigenvalue weighted by Gasteiger charge is -2.17. The molecule has 1 fully saturated rings. The van der Waals surface area contributed by atoms with Gasteiger partial charge in [0, 0.05) is 37.0 Å². The van der Waals surface area contributed by atoms with Crippen molar-refractivity contribution in [2.75, 3.05) is 14.2 Å². The fraction of sp³-hybridized carbons (Fsp3) is 0.333. The topological polar surface area (TPSA) is 86.3 Å². The second kappa shape index (κ2) is 8.11. The third-order valence-electron chi connectivity index (χ3n) is 5.80. The van der Waals surface area contributed by atoms with Crippen LogP contribution in [0.4, 0.5) is 0 Å². The van der Waals surface area contributed by atoms with Crippen LogP contribution >= 0.6 is 0 Å². The van der Waals surface area contributed by atoms with Crippen LogP contribution < -0.4 is 4.74 Å². The largest absolute Gasteiger partial charge is 0.497 e. The highest BCUT2D eigenvalue weighted by molar-refractivity contribution is 6.09. The average molecular weight is 431 g/mol. The third-order valence-corrected chi connectivity index (χ3v) is 5.80. The lowest BCUT2D eigenvalue weighted by atomic mass is 10.0. The van der Waals surface area contributed by atoms with Gasteiger partial charge in [-0.3, -0.25) is 9.48 Å². The Labute approximate surface area is 185 Å². The Morgan fingerprint density at radius 2 is 2.12 bits per heavy atom. The molecular weight excluding hydrogens is 406 g/mol. The molecule has 8 heteroatoms. The maximum Gasteiger partial charge on any atom is 0.259 e. The van der Waals surface area contributed by atoms with Crippen LogP contribution in [0.3, 0.4) is 0 Å². The van der Waals surface area contributed by atoms with Gasteiger partial charge in [-0.25, -0.2) is 4.98 Å². The number of hydrogen-bond acceptors (Lipinski definition) is 6. The summed E-state index contributed by atoms with van der Waals surface area (Å²) in [5, 5.41) is 9.41. The van der Waals surface area contributed by atoms with E-state index in [1.165, 1.54) is 0 Å². The van der Waals surface area contributed by atoms with Crippen LogP contribution in [0.2, 0.25) is 0 Å². The van der Waals surface area contributed by atoms with Crippen LogP contribution in [0.25, 0.3) is 22.4 Å². The first-order valence-electron chi connectivity index (χ1n) is 10.8. The number of aryl methyl sites for hydroxylation is 1. The van der Waals surface area contributed by atoms with Gasteiger partial charge >= 0.3 is 0 Å². The lowest BCUT2D eigenvalue weighted by Crippen LogP contribution is -2.27. The predicted molar refractivity (Wildman–Crippen MR) is 119 cm³/mol. The summed E-state index contributed by atoms with van der Waals surface area (Å²) in [6, 6.07) is 11.4. The van der Waals surface area contributed by atoms with Crippen molar-refractivity contribution < 1.29 is 14.1 Å². The second-order valence-corrected chi connectivity index (χ2v) is 8.14. The molecule has 8 nitrogen and oxygen atoms in total. The predicted octanol–water partition coefficient (Wildman–Crippen LogP) is 4.26. The molecule has 0 unspecified atom stereocenters. The Morgan fingerprint density at radius 1 is 1.28 bits per heavy atom. The van der Waals surface area contributed by atoms with Crippen molar-refractivity contribution in [3.05, 3.63) is 59.5 Å². The zero-order chi connectivity index (χ0) is 22.2. The number of amides is 1. The number of fused-ring (bicyclic) bond motifs is 1. The van der Waals surface area contributed by atoms with Crippen LogP contribution in [-0.4, -0.2) is 44.9 Å². The van der Waals surface area contributed by atoms with E-state index in [1.54, 1.807) is 19.1 Å².